The lowest BCUT2D eigenvalue weighted by molar-refractivity contribution is -0.194. The largest absolute Gasteiger partial charge is 0.482 e. The number of fused-ring (bicyclic) bond motifs is 1. The molecule has 0 radical (unpaired) electrons. The van der Waals surface area contributed by atoms with Crippen molar-refractivity contribution in [2.24, 2.45) is 5.41 Å². The second kappa shape index (κ2) is 7.43. The second-order valence-electron chi connectivity index (χ2n) is 7.68. The number of carbonyl (C=O) groups is 3. The number of rotatable bonds is 7. The number of anilines is 1. The summed E-state index contributed by atoms with van der Waals surface area (Å²) in [5, 5.41) is 12.5. The molecule has 2 atom stereocenters. The maximum Gasteiger partial charge on any atom is 0.330 e. The number of carbonyl (C=O) groups excluding carboxylic acids is 2. The number of aliphatic carboxylic acids is 1. The molecule has 2 aliphatic rings. The number of hydrogen-bond acceptors (Lipinski definition) is 5. The first-order chi connectivity index (χ1) is 13.2. The highest BCUT2D eigenvalue weighted by atomic mass is 16.5. The zero-order valence-electron chi connectivity index (χ0n) is 16.4. The smallest absolute Gasteiger partial charge is 0.330 e. The third-order valence-corrected chi connectivity index (χ3v) is 5.85. The van der Waals surface area contributed by atoms with E-state index in [9.17, 15) is 19.5 Å². The van der Waals surface area contributed by atoms with Crippen molar-refractivity contribution in [2.75, 3.05) is 24.7 Å². The highest BCUT2D eigenvalue weighted by Crippen LogP contribution is 2.51. The molecule has 3 rings (SSSR count). The van der Waals surface area contributed by atoms with Crippen LogP contribution in [0.1, 0.15) is 33.6 Å². The number of benzene rings is 1. The van der Waals surface area contributed by atoms with Gasteiger partial charge in [0.1, 0.15) is 11.3 Å². The number of nitrogens with zero attached hydrogens (tertiary/aromatic N) is 1. The standard InChI is InChI=1S/C20H26N2O6/c1-4-27-15-11-20(18(25)26,19(15,2)3)21-16(23)9-10-22-13-7-5-6-8-14(13)28-12-17(22)24/h5-8,15H,4,9-12H2,1-3H3,(H,21,23)(H,25,26). The molecule has 2 N–H and O–H groups in total. The van der Waals surface area contributed by atoms with Crippen LogP contribution in [-0.4, -0.2) is 54.3 Å². The van der Waals surface area contributed by atoms with E-state index in [-0.39, 0.29) is 38.0 Å². The number of nitrogens with one attached hydrogen (secondary N) is 1. The third kappa shape index (κ3) is 3.22. The summed E-state index contributed by atoms with van der Waals surface area (Å²) < 4.78 is 11.0. The van der Waals surface area contributed by atoms with Gasteiger partial charge in [-0.2, -0.15) is 0 Å². The van der Waals surface area contributed by atoms with Gasteiger partial charge in [-0.3, -0.25) is 9.59 Å². The van der Waals surface area contributed by atoms with E-state index < -0.39 is 22.8 Å². The molecule has 1 heterocycles. The highest BCUT2D eigenvalue weighted by Gasteiger charge is 2.66. The lowest BCUT2D eigenvalue weighted by Gasteiger charge is -2.58. The molecule has 1 aliphatic heterocycles. The molecule has 0 saturated heterocycles. The number of amides is 2. The van der Waals surface area contributed by atoms with E-state index >= 15 is 0 Å². The zero-order valence-corrected chi connectivity index (χ0v) is 16.4. The molecule has 1 saturated carbocycles. The Labute approximate surface area is 163 Å². The van der Waals surface area contributed by atoms with Crippen LogP contribution in [0.3, 0.4) is 0 Å². The van der Waals surface area contributed by atoms with Gasteiger partial charge in [0.25, 0.3) is 5.91 Å². The topological polar surface area (TPSA) is 105 Å². The number of hydrogen-bond donors (Lipinski definition) is 2. The zero-order chi connectivity index (χ0) is 20.5. The van der Waals surface area contributed by atoms with Gasteiger partial charge in [0, 0.05) is 31.4 Å². The van der Waals surface area contributed by atoms with E-state index in [1.807, 2.05) is 13.0 Å². The average Bonchev–Trinajstić information content (AvgIpc) is 2.65. The van der Waals surface area contributed by atoms with E-state index in [0.717, 1.165) is 0 Å². The summed E-state index contributed by atoms with van der Waals surface area (Å²) in [7, 11) is 0. The quantitative estimate of drug-likeness (QED) is 0.732. The molecule has 0 spiro atoms. The molecular formula is C20H26N2O6. The van der Waals surface area contributed by atoms with Crippen LogP contribution < -0.4 is 15.0 Å². The SMILES string of the molecule is CCOC1CC(NC(=O)CCN2C(=O)COc3ccccc32)(C(=O)O)C1(C)C. The fraction of sp³-hybridized carbons (Fsp3) is 0.550. The maximum absolute atomic E-state index is 12.6. The van der Waals surface area contributed by atoms with Crippen molar-refractivity contribution >= 4 is 23.5 Å². The number of ether oxygens (including phenoxy) is 2. The number of para-hydroxylation sites is 2. The Hall–Kier alpha value is -2.61. The average molecular weight is 390 g/mol. The van der Waals surface area contributed by atoms with E-state index in [0.29, 0.717) is 18.0 Å². The van der Waals surface area contributed by atoms with Gasteiger partial charge < -0.3 is 24.8 Å². The molecule has 152 valence electrons. The van der Waals surface area contributed by atoms with Gasteiger partial charge >= 0.3 is 5.97 Å². The van der Waals surface area contributed by atoms with Crippen molar-refractivity contribution in [3.63, 3.8) is 0 Å². The van der Waals surface area contributed by atoms with Crippen LogP contribution >= 0.6 is 0 Å². The monoisotopic (exact) mass is 390 g/mol. The summed E-state index contributed by atoms with van der Waals surface area (Å²) in [4.78, 5) is 38.3. The predicted molar refractivity (Wildman–Crippen MR) is 101 cm³/mol. The minimum Gasteiger partial charge on any atom is -0.482 e. The van der Waals surface area contributed by atoms with E-state index in [1.165, 1.54) is 4.90 Å². The normalized spacial score (nSPS) is 25.3. The fourth-order valence-corrected chi connectivity index (χ4v) is 3.95. The van der Waals surface area contributed by atoms with Crippen molar-refractivity contribution in [1.82, 2.24) is 5.32 Å². The Morgan fingerprint density at radius 3 is 2.71 bits per heavy atom. The molecule has 8 nitrogen and oxygen atoms in total. The molecule has 1 fully saturated rings. The van der Waals surface area contributed by atoms with Crippen molar-refractivity contribution < 1.29 is 29.0 Å². The number of carboxylic acid groups (broad SMARTS) is 1. The van der Waals surface area contributed by atoms with Crippen molar-refractivity contribution in [2.45, 2.75) is 45.3 Å². The van der Waals surface area contributed by atoms with Crippen LogP contribution in [0.25, 0.3) is 0 Å². The van der Waals surface area contributed by atoms with Crippen LogP contribution in [0.15, 0.2) is 24.3 Å². The Balaban J connectivity index is 1.67. The first kappa shape index (κ1) is 20.1. The Morgan fingerprint density at radius 2 is 2.07 bits per heavy atom. The molecular weight excluding hydrogens is 364 g/mol. The predicted octanol–water partition coefficient (Wildman–Crippen LogP) is 1.58. The molecule has 28 heavy (non-hydrogen) atoms. The molecule has 1 aromatic rings. The van der Waals surface area contributed by atoms with E-state index in [1.54, 1.807) is 32.0 Å². The minimum atomic E-state index is -1.38. The molecule has 8 heteroatoms. The fourth-order valence-electron chi connectivity index (χ4n) is 3.95. The maximum atomic E-state index is 12.6. The van der Waals surface area contributed by atoms with E-state index in [4.69, 9.17) is 9.47 Å². The van der Waals surface area contributed by atoms with Crippen molar-refractivity contribution in [3.05, 3.63) is 24.3 Å². The third-order valence-electron chi connectivity index (χ3n) is 5.85. The van der Waals surface area contributed by atoms with Gasteiger partial charge in [0.15, 0.2) is 6.61 Å². The van der Waals surface area contributed by atoms with Crippen LogP contribution in [0.4, 0.5) is 5.69 Å². The summed E-state index contributed by atoms with van der Waals surface area (Å²) >= 11 is 0. The molecule has 0 bridgehead atoms. The van der Waals surface area contributed by atoms with Gasteiger partial charge in [-0.1, -0.05) is 26.0 Å². The second-order valence-corrected chi connectivity index (χ2v) is 7.68. The lowest BCUT2D eigenvalue weighted by atomic mass is 9.54. The van der Waals surface area contributed by atoms with Crippen molar-refractivity contribution in [3.8, 4) is 5.75 Å². The highest BCUT2D eigenvalue weighted by molar-refractivity contribution is 5.98. The van der Waals surface area contributed by atoms with Crippen LogP contribution in [-0.2, 0) is 19.1 Å². The van der Waals surface area contributed by atoms with Gasteiger partial charge in [-0.15, -0.1) is 0 Å². The van der Waals surface area contributed by atoms with Gasteiger partial charge in [0.05, 0.1) is 11.8 Å². The molecule has 1 aliphatic carbocycles. The van der Waals surface area contributed by atoms with E-state index in [2.05, 4.69) is 5.32 Å². The summed E-state index contributed by atoms with van der Waals surface area (Å²) in [5.41, 5.74) is -1.51. The Morgan fingerprint density at radius 1 is 1.36 bits per heavy atom. The van der Waals surface area contributed by atoms with Gasteiger partial charge in [-0.05, 0) is 19.1 Å². The molecule has 1 aromatic carbocycles. The molecule has 2 unspecified atom stereocenters. The Kier molecular flexibility index (Phi) is 5.34. The first-order valence-corrected chi connectivity index (χ1v) is 9.41. The van der Waals surface area contributed by atoms with Crippen LogP contribution in [0.5, 0.6) is 5.75 Å². The Bertz CT molecular complexity index is 793. The summed E-state index contributed by atoms with van der Waals surface area (Å²) in [6.07, 6.45) is -0.0276. The van der Waals surface area contributed by atoms with Gasteiger partial charge in [-0.25, -0.2) is 4.79 Å². The summed E-state index contributed by atoms with van der Waals surface area (Å²) in [6, 6.07) is 7.12. The summed E-state index contributed by atoms with van der Waals surface area (Å²) in [5.74, 6) is -1.14. The lowest BCUT2D eigenvalue weighted by Crippen LogP contribution is -2.76. The van der Waals surface area contributed by atoms with Crippen molar-refractivity contribution in [1.29, 1.82) is 0 Å². The minimum absolute atomic E-state index is 0.00944. The molecule has 2 amide bonds. The summed E-state index contributed by atoms with van der Waals surface area (Å²) in [6.45, 7) is 5.97. The van der Waals surface area contributed by atoms with Gasteiger partial charge in [0.2, 0.25) is 5.91 Å². The first-order valence-electron chi connectivity index (χ1n) is 9.41. The van der Waals surface area contributed by atoms with Crippen LogP contribution in [0.2, 0.25) is 0 Å². The molecule has 0 aromatic heterocycles. The van der Waals surface area contributed by atoms with Crippen LogP contribution in [0, 0.1) is 5.41 Å². The number of carboxylic acids is 1.